The Labute approximate surface area is 115 Å². The predicted octanol–water partition coefficient (Wildman–Crippen LogP) is 3.02. The summed E-state index contributed by atoms with van der Waals surface area (Å²) >= 11 is 0. The average Bonchev–Trinajstić information content (AvgIpc) is 2.46. The van der Waals surface area contributed by atoms with Gasteiger partial charge in [-0.1, -0.05) is 19.1 Å². The van der Waals surface area contributed by atoms with Crippen LogP contribution in [-0.2, 0) is 11.2 Å². The van der Waals surface area contributed by atoms with Crippen LogP contribution in [-0.4, -0.2) is 12.9 Å². The monoisotopic (exact) mass is 261 g/mol. The fraction of sp³-hybridized carbons (Fsp3) is 0.562. The second kappa shape index (κ2) is 6.20. The van der Waals surface area contributed by atoms with Crippen LogP contribution >= 0.6 is 0 Å². The lowest BCUT2D eigenvalue weighted by atomic mass is 9.80. The highest BCUT2D eigenvalue weighted by atomic mass is 16.5. The van der Waals surface area contributed by atoms with E-state index in [9.17, 15) is 4.79 Å². The van der Waals surface area contributed by atoms with Crippen LogP contribution in [0, 0.1) is 5.92 Å². The Morgan fingerprint density at radius 1 is 1.37 bits per heavy atom. The van der Waals surface area contributed by atoms with E-state index in [1.54, 1.807) is 7.11 Å². The molecule has 1 fully saturated rings. The summed E-state index contributed by atoms with van der Waals surface area (Å²) in [6.07, 6.45) is 4.15. The van der Waals surface area contributed by atoms with Gasteiger partial charge in [-0.25, -0.2) is 0 Å². The van der Waals surface area contributed by atoms with Crippen molar-refractivity contribution in [2.45, 2.75) is 45.1 Å². The Morgan fingerprint density at radius 3 is 2.63 bits per heavy atom. The maximum atomic E-state index is 11.3. The van der Waals surface area contributed by atoms with Gasteiger partial charge in [-0.15, -0.1) is 0 Å². The van der Waals surface area contributed by atoms with Gasteiger partial charge in [0.15, 0.2) is 0 Å². The van der Waals surface area contributed by atoms with Gasteiger partial charge < -0.3 is 10.5 Å². The molecular formula is C16H23NO2. The average molecular weight is 261 g/mol. The fourth-order valence-corrected chi connectivity index (χ4v) is 2.84. The number of ketones is 1. The van der Waals surface area contributed by atoms with Crippen LogP contribution in [0.5, 0.6) is 5.75 Å². The second-order valence-corrected chi connectivity index (χ2v) is 5.33. The summed E-state index contributed by atoms with van der Waals surface area (Å²) in [5.41, 5.74) is 8.78. The minimum atomic E-state index is -0.0328. The lowest BCUT2D eigenvalue weighted by Crippen LogP contribution is -2.26. The quantitative estimate of drug-likeness (QED) is 0.906. The molecule has 0 saturated heterocycles. The predicted molar refractivity (Wildman–Crippen MR) is 76.3 cm³/mol. The molecule has 0 aliphatic heterocycles. The molecule has 0 spiro atoms. The Kier molecular flexibility index (Phi) is 4.59. The number of hydrogen-bond donors (Lipinski definition) is 1. The Bertz CT molecular complexity index is 446. The maximum absolute atomic E-state index is 11.3. The van der Waals surface area contributed by atoms with Gasteiger partial charge in [0.05, 0.1) is 7.11 Å². The van der Waals surface area contributed by atoms with Crippen molar-refractivity contribution in [2.24, 2.45) is 11.7 Å². The minimum Gasteiger partial charge on any atom is -0.496 e. The Balaban J connectivity index is 2.21. The smallest absolute Gasteiger partial charge is 0.132 e. The number of nitrogens with two attached hydrogens (primary N) is 1. The molecule has 0 bridgehead atoms. The fourth-order valence-electron chi connectivity index (χ4n) is 2.84. The Morgan fingerprint density at radius 2 is 2.05 bits per heavy atom. The van der Waals surface area contributed by atoms with Gasteiger partial charge in [0.1, 0.15) is 11.5 Å². The van der Waals surface area contributed by atoms with Crippen molar-refractivity contribution in [3.05, 3.63) is 29.3 Å². The number of Topliss-reactive ketones (excluding diaryl/α,β-unsaturated/α-hetero) is 1. The first-order valence-electron chi connectivity index (χ1n) is 7.09. The first-order chi connectivity index (χ1) is 9.15. The molecular weight excluding hydrogens is 238 g/mol. The number of carbonyl (C=O) groups is 1. The molecule has 1 aromatic rings. The van der Waals surface area contributed by atoms with Gasteiger partial charge in [0.2, 0.25) is 0 Å². The third-order valence-electron chi connectivity index (χ3n) is 4.16. The van der Waals surface area contributed by atoms with E-state index in [4.69, 9.17) is 10.5 Å². The van der Waals surface area contributed by atoms with Crippen LogP contribution in [0.15, 0.2) is 18.2 Å². The molecule has 0 amide bonds. The van der Waals surface area contributed by atoms with Crippen LogP contribution < -0.4 is 10.5 Å². The largest absolute Gasteiger partial charge is 0.496 e. The summed E-state index contributed by atoms with van der Waals surface area (Å²) in [4.78, 5) is 11.3. The van der Waals surface area contributed by atoms with Gasteiger partial charge in [0.25, 0.3) is 0 Å². The summed E-state index contributed by atoms with van der Waals surface area (Å²) in [5.74, 6) is 1.62. The van der Waals surface area contributed by atoms with Crippen molar-refractivity contribution in [1.82, 2.24) is 0 Å². The normalized spacial score (nSPS) is 18.4. The summed E-state index contributed by atoms with van der Waals surface area (Å²) in [5, 5.41) is 0. The zero-order chi connectivity index (χ0) is 13.8. The second-order valence-electron chi connectivity index (χ2n) is 5.33. The van der Waals surface area contributed by atoms with E-state index in [0.717, 1.165) is 30.6 Å². The minimum absolute atomic E-state index is 0.0328. The van der Waals surface area contributed by atoms with Crippen molar-refractivity contribution < 1.29 is 9.53 Å². The third-order valence-corrected chi connectivity index (χ3v) is 4.16. The van der Waals surface area contributed by atoms with E-state index in [0.29, 0.717) is 24.5 Å². The summed E-state index contributed by atoms with van der Waals surface area (Å²) in [7, 11) is 1.68. The van der Waals surface area contributed by atoms with E-state index in [1.807, 2.05) is 6.07 Å². The number of ether oxygens (including phenoxy) is 1. The number of rotatable bonds is 4. The summed E-state index contributed by atoms with van der Waals surface area (Å²) in [6.45, 7) is 2.14. The molecule has 19 heavy (non-hydrogen) atoms. The van der Waals surface area contributed by atoms with Gasteiger partial charge in [-0.3, -0.25) is 4.79 Å². The number of benzene rings is 1. The van der Waals surface area contributed by atoms with Crippen molar-refractivity contribution in [1.29, 1.82) is 0 Å². The lowest BCUT2D eigenvalue weighted by molar-refractivity contribution is -0.121. The number of aryl methyl sites for hydroxylation is 1. The molecule has 1 saturated carbocycles. The first-order valence-corrected chi connectivity index (χ1v) is 7.09. The highest BCUT2D eigenvalue weighted by Crippen LogP contribution is 2.36. The SMILES string of the molecule is CCc1ccc(OC)c(C(N)C2CCC(=O)CC2)c1. The zero-order valence-electron chi connectivity index (χ0n) is 11.8. The molecule has 1 aliphatic rings. The lowest BCUT2D eigenvalue weighted by Gasteiger charge is -2.28. The van der Waals surface area contributed by atoms with Crippen LogP contribution in [0.3, 0.4) is 0 Å². The van der Waals surface area contributed by atoms with Crippen LogP contribution in [0.1, 0.15) is 49.8 Å². The molecule has 3 nitrogen and oxygen atoms in total. The van der Waals surface area contributed by atoms with Gasteiger partial charge in [-0.2, -0.15) is 0 Å². The molecule has 3 heteroatoms. The molecule has 104 valence electrons. The standard InChI is InChI=1S/C16H23NO2/c1-3-11-4-9-15(19-2)14(10-11)16(17)12-5-7-13(18)8-6-12/h4,9-10,12,16H,3,5-8,17H2,1-2H3. The molecule has 0 aromatic heterocycles. The van der Waals surface area contributed by atoms with Crippen molar-refractivity contribution in [3.8, 4) is 5.75 Å². The third kappa shape index (κ3) is 3.16. The molecule has 1 atom stereocenters. The van der Waals surface area contributed by atoms with Gasteiger partial charge in [0, 0.05) is 24.4 Å². The van der Waals surface area contributed by atoms with Gasteiger partial charge in [-0.05, 0) is 36.8 Å². The van der Waals surface area contributed by atoms with E-state index < -0.39 is 0 Å². The van der Waals surface area contributed by atoms with Crippen LogP contribution in [0.25, 0.3) is 0 Å². The zero-order valence-corrected chi connectivity index (χ0v) is 11.8. The highest BCUT2D eigenvalue weighted by molar-refractivity contribution is 5.79. The van der Waals surface area contributed by atoms with E-state index in [2.05, 4.69) is 19.1 Å². The van der Waals surface area contributed by atoms with Crippen molar-refractivity contribution in [2.75, 3.05) is 7.11 Å². The number of carbonyl (C=O) groups excluding carboxylic acids is 1. The van der Waals surface area contributed by atoms with E-state index >= 15 is 0 Å². The molecule has 1 unspecified atom stereocenters. The summed E-state index contributed by atoms with van der Waals surface area (Å²) < 4.78 is 5.43. The van der Waals surface area contributed by atoms with E-state index in [1.165, 1.54) is 5.56 Å². The number of hydrogen-bond acceptors (Lipinski definition) is 3. The maximum Gasteiger partial charge on any atom is 0.132 e. The van der Waals surface area contributed by atoms with Crippen LogP contribution in [0.4, 0.5) is 0 Å². The topological polar surface area (TPSA) is 52.3 Å². The first kappa shape index (κ1) is 14.1. The summed E-state index contributed by atoms with van der Waals surface area (Å²) in [6, 6.07) is 6.20. The Hall–Kier alpha value is -1.35. The molecule has 2 rings (SSSR count). The molecule has 0 heterocycles. The highest BCUT2D eigenvalue weighted by Gasteiger charge is 2.27. The van der Waals surface area contributed by atoms with Crippen molar-refractivity contribution in [3.63, 3.8) is 0 Å². The van der Waals surface area contributed by atoms with Crippen molar-refractivity contribution >= 4 is 5.78 Å². The molecule has 1 aromatic carbocycles. The van der Waals surface area contributed by atoms with E-state index in [-0.39, 0.29) is 6.04 Å². The molecule has 0 radical (unpaired) electrons. The number of methoxy groups -OCH3 is 1. The molecule has 2 N–H and O–H groups in total. The van der Waals surface area contributed by atoms with Crippen LogP contribution in [0.2, 0.25) is 0 Å². The van der Waals surface area contributed by atoms with Gasteiger partial charge >= 0.3 is 0 Å². The molecule has 1 aliphatic carbocycles.